The average molecular weight is 613 g/mol. The molecule has 0 saturated heterocycles. The Labute approximate surface area is 262 Å². The van der Waals surface area contributed by atoms with Gasteiger partial charge in [0.05, 0.1) is 18.1 Å². The number of carbonyl (C=O) groups excluding carboxylic acids is 3. The number of halogens is 1. The monoisotopic (exact) mass is 612 g/mol. The predicted molar refractivity (Wildman–Crippen MR) is 168 cm³/mol. The lowest BCUT2D eigenvalue weighted by Crippen LogP contribution is -2.55. The smallest absolute Gasteiger partial charge is 0.243 e. The molecule has 1 aromatic carbocycles. The summed E-state index contributed by atoms with van der Waals surface area (Å²) in [5.74, 6) is 2.86. The molecule has 0 aromatic heterocycles. The highest BCUT2D eigenvalue weighted by Gasteiger charge is 2.33. The molecule has 0 radical (unpaired) electrons. The van der Waals surface area contributed by atoms with Crippen LogP contribution in [0.3, 0.4) is 0 Å². The fraction of sp³-hybridized carbons (Fsp3) is 0.618. The normalized spacial score (nSPS) is 16.9. The Morgan fingerprint density at radius 3 is 2.25 bits per heavy atom. The number of aliphatic hydroxyl groups excluding tert-OH is 2. The van der Waals surface area contributed by atoms with Gasteiger partial charge in [-0.1, -0.05) is 62.4 Å². The number of likely N-dealkylation sites (N-methyl/N-ethyl adjacent to an activating group) is 2. The molecule has 1 aliphatic rings. The van der Waals surface area contributed by atoms with E-state index in [4.69, 9.17) is 12.8 Å². The van der Waals surface area contributed by atoms with E-state index in [0.29, 0.717) is 13.0 Å². The van der Waals surface area contributed by atoms with E-state index >= 15 is 0 Å². The van der Waals surface area contributed by atoms with Crippen LogP contribution in [0.4, 0.5) is 4.39 Å². The number of hydrogen-bond donors (Lipinski definition) is 4. The van der Waals surface area contributed by atoms with Gasteiger partial charge in [-0.25, -0.2) is 4.39 Å². The van der Waals surface area contributed by atoms with Crippen LogP contribution in [0.2, 0.25) is 0 Å². The Hall–Kier alpha value is -3.44. The number of nitrogens with zero attached hydrogens (tertiary/aromatic N) is 2. The summed E-state index contributed by atoms with van der Waals surface area (Å²) in [6.07, 6.45) is 14.0. The molecule has 10 heteroatoms. The maximum absolute atomic E-state index is 13.6. The molecule has 0 spiro atoms. The maximum atomic E-state index is 13.6. The van der Waals surface area contributed by atoms with Crippen LogP contribution in [0.1, 0.15) is 63.4 Å². The molecule has 3 amide bonds. The van der Waals surface area contributed by atoms with Crippen molar-refractivity contribution in [2.75, 3.05) is 34.0 Å². The topological polar surface area (TPSA) is 122 Å². The molecule has 0 bridgehead atoms. The van der Waals surface area contributed by atoms with E-state index in [1.807, 2.05) is 30.3 Å². The first-order chi connectivity index (χ1) is 21.1. The minimum atomic E-state index is -1.30. The molecule has 9 nitrogen and oxygen atoms in total. The van der Waals surface area contributed by atoms with Crippen molar-refractivity contribution in [3.05, 3.63) is 35.9 Å². The van der Waals surface area contributed by atoms with Crippen LogP contribution >= 0.6 is 0 Å². The van der Waals surface area contributed by atoms with E-state index in [1.54, 1.807) is 14.1 Å². The maximum Gasteiger partial charge on any atom is 0.243 e. The van der Waals surface area contributed by atoms with Crippen LogP contribution < -0.4 is 10.6 Å². The number of amides is 3. The van der Waals surface area contributed by atoms with Gasteiger partial charge in [0.15, 0.2) is 0 Å². The third-order valence-electron chi connectivity index (χ3n) is 8.29. The zero-order valence-corrected chi connectivity index (χ0v) is 26.1. The third-order valence-corrected chi connectivity index (χ3v) is 8.29. The molecule has 0 aliphatic heterocycles. The summed E-state index contributed by atoms with van der Waals surface area (Å²) in [6, 6.07) is 7.33. The van der Waals surface area contributed by atoms with Crippen molar-refractivity contribution in [1.29, 1.82) is 0 Å². The SMILES string of the molecule is C#CC[C@H](NC(=O)[C@@H](CC(=O)N(C)CCN(C)CF)Cc1ccccc1)C(=O)N[C@@H](CC1CCCCC1)[C@@H](O)[C@@H](O)CC#C. The number of hydrogen-bond acceptors (Lipinski definition) is 6. The van der Waals surface area contributed by atoms with Gasteiger partial charge in [0.25, 0.3) is 0 Å². The second-order valence-corrected chi connectivity index (χ2v) is 11.9. The van der Waals surface area contributed by atoms with E-state index in [9.17, 15) is 29.0 Å². The van der Waals surface area contributed by atoms with Gasteiger partial charge < -0.3 is 25.7 Å². The van der Waals surface area contributed by atoms with Crippen LogP contribution in [0.15, 0.2) is 30.3 Å². The lowest BCUT2D eigenvalue weighted by Gasteiger charge is -2.33. The van der Waals surface area contributed by atoms with Gasteiger partial charge in [0, 0.05) is 39.4 Å². The molecule has 242 valence electrons. The Kier molecular flexibility index (Phi) is 16.5. The molecule has 2 rings (SSSR count). The quantitative estimate of drug-likeness (QED) is 0.149. The first-order valence-corrected chi connectivity index (χ1v) is 15.5. The molecule has 1 fully saturated rings. The van der Waals surface area contributed by atoms with Crippen molar-refractivity contribution in [1.82, 2.24) is 20.4 Å². The Bertz CT molecular complexity index is 1110. The highest BCUT2D eigenvalue weighted by molar-refractivity contribution is 5.91. The average Bonchev–Trinajstić information content (AvgIpc) is 3.03. The number of rotatable bonds is 18. The van der Waals surface area contributed by atoms with Gasteiger partial charge in [-0.15, -0.1) is 24.7 Å². The fourth-order valence-electron chi connectivity index (χ4n) is 5.50. The van der Waals surface area contributed by atoms with Crippen molar-refractivity contribution < 1.29 is 29.0 Å². The standard InChI is InChI=1S/C34H49FN4O5/c1-5-13-28(34(44)37-29(32(42)30(40)14-6-2)22-26-17-11-8-12-18-26)36-33(43)27(21-25-15-9-7-10-16-25)23-31(41)39(4)20-19-38(3)24-35/h1-2,7,9-10,15-16,26-30,32,40,42H,8,11-14,17-24H2,3-4H3,(H,36,43)(H,37,44)/t27-,28+,29+,30+,32-/m1/s1. The molecule has 1 aromatic rings. The van der Waals surface area contributed by atoms with Crippen LogP contribution in [0, 0.1) is 36.5 Å². The zero-order valence-electron chi connectivity index (χ0n) is 26.1. The zero-order chi connectivity index (χ0) is 32.5. The van der Waals surface area contributed by atoms with E-state index < -0.39 is 48.8 Å². The van der Waals surface area contributed by atoms with Crippen molar-refractivity contribution >= 4 is 17.7 Å². The molecular weight excluding hydrogens is 563 g/mol. The van der Waals surface area contributed by atoms with Crippen molar-refractivity contribution in [3.8, 4) is 24.7 Å². The van der Waals surface area contributed by atoms with Crippen LogP contribution in [-0.2, 0) is 20.8 Å². The van der Waals surface area contributed by atoms with Gasteiger partial charge >= 0.3 is 0 Å². The van der Waals surface area contributed by atoms with Gasteiger partial charge in [-0.2, -0.15) is 0 Å². The highest BCUT2D eigenvalue weighted by atomic mass is 19.1. The highest BCUT2D eigenvalue weighted by Crippen LogP contribution is 2.28. The number of aliphatic hydroxyl groups is 2. The number of benzene rings is 1. The van der Waals surface area contributed by atoms with E-state index in [1.165, 1.54) is 9.80 Å². The van der Waals surface area contributed by atoms with Gasteiger partial charge in [-0.3, -0.25) is 19.3 Å². The van der Waals surface area contributed by atoms with Gasteiger partial charge in [0.2, 0.25) is 17.7 Å². The van der Waals surface area contributed by atoms with Gasteiger partial charge in [-0.05, 0) is 31.4 Å². The summed E-state index contributed by atoms with van der Waals surface area (Å²) in [5.41, 5.74) is 0.844. The Morgan fingerprint density at radius 2 is 1.64 bits per heavy atom. The lowest BCUT2D eigenvalue weighted by atomic mass is 9.82. The van der Waals surface area contributed by atoms with E-state index in [-0.39, 0.29) is 44.1 Å². The Balaban J connectivity index is 2.20. The molecule has 1 saturated carbocycles. The number of alkyl halides is 1. The predicted octanol–water partition coefficient (Wildman–Crippen LogP) is 2.26. The molecule has 44 heavy (non-hydrogen) atoms. The van der Waals surface area contributed by atoms with Gasteiger partial charge in [0.1, 0.15) is 18.9 Å². The molecule has 4 N–H and O–H groups in total. The van der Waals surface area contributed by atoms with Crippen molar-refractivity contribution in [2.45, 2.75) is 88.5 Å². The lowest BCUT2D eigenvalue weighted by molar-refractivity contribution is -0.137. The van der Waals surface area contributed by atoms with Crippen LogP contribution in [0.25, 0.3) is 0 Å². The first-order valence-electron chi connectivity index (χ1n) is 15.5. The summed E-state index contributed by atoms with van der Waals surface area (Å²) >= 11 is 0. The minimum Gasteiger partial charge on any atom is -0.389 e. The Morgan fingerprint density at radius 1 is 0.977 bits per heavy atom. The van der Waals surface area contributed by atoms with Crippen molar-refractivity contribution in [3.63, 3.8) is 0 Å². The summed E-state index contributed by atoms with van der Waals surface area (Å²) in [4.78, 5) is 43.1. The first kappa shape index (κ1) is 36.8. The molecule has 0 unspecified atom stereocenters. The van der Waals surface area contributed by atoms with Crippen LogP contribution in [0.5, 0.6) is 0 Å². The fourth-order valence-corrected chi connectivity index (χ4v) is 5.50. The summed E-state index contributed by atoms with van der Waals surface area (Å²) < 4.78 is 12.8. The molecule has 1 aliphatic carbocycles. The molecule has 5 atom stereocenters. The largest absolute Gasteiger partial charge is 0.389 e. The second-order valence-electron chi connectivity index (χ2n) is 11.9. The summed E-state index contributed by atoms with van der Waals surface area (Å²) in [5, 5.41) is 26.9. The van der Waals surface area contributed by atoms with E-state index in [2.05, 4.69) is 22.5 Å². The van der Waals surface area contributed by atoms with E-state index in [0.717, 1.165) is 37.7 Å². The second kappa shape index (κ2) is 19.8. The summed E-state index contributed by atoms with van der Waals surface area (Å²) in [7, 11) is 3.21. The number of terminal acetylenes is 2. The number of nitrogens with one attached hydrogen (secondary N) is 2. The third kappa shape index (κ3) is 12.7. The van der Waals surface area contributed by atoms with Crippen LogP contribution in [-0.4, -0.2) is 96.0 Å². The summed E-state index contributed by atoms with van der Waals surface area (Å²) in [6.45, 7) is -0.0129. The minimum absolute atomic E-state index is 0.0730. The molecule has 0 heterocycles. The number of carbonyl (C=O) groups is 3. The van der Waals surface area contributed by atoms with Crippen molar-refractivity contribution in [2.24, 2.45) is 11.8 Å². The molecular formula is C34H49FN4O5.